The van der Waals surface area contributed by atoms with E-state index in [-0.39, 0.29) is 30.1 Å². The second-order valence-corrected chi connectivity index (χ2v) is 11.4. The molecule has 10 nitrogen and oxygen atoms in total. The van der Waals surface area contributed by atoms with Crippen LogP contribution in [0, 0.1) is 11.8 Å². The molecule has 0 radical (unpaired) electrons. The maximum absolute atomic E-state index is 13.5. The Hall–Kier alpha value is -3.49. The number of hydrogen-bond acceptors (Lipinski definition) is 7. The van der Waals surface area contributed by atoms with Crippen molar-refractivity contribution in [3.05, 3.63) is 34.1 Å². The molecule has 15 heteroatoms. The minimum Gasteiger partial charge on any atom is -0.352 e. The summed E-state index contributed by atoms with van der Waals surface area (Å²) in [6, 6.07) is 0.702. The Morgan fingerprint density at radius 1 is 1.23 bits per heavy atom. The number of nitrogens with zero attached hydrogens (tertiary/aromatic N) is 5. The molecule has 3 N–H and O–H groups in total. The lowest BCUT2D eigenvalue weighted by atomic mass is 9.91. The number of aromatic nitrogens is 5. The number of fused-ring (bicyclic) bond motifs is 1. The summed E-state index contributed by atoms with van der Waals surface area (Å²) in [5.41, 5.74) is 0.168. The first-order valence-corrected chi connectivity index (χ1v) is 13.6. The molecule has 0 aliphatic heterocycles. The molecule has 6 rings (SSSR count). The highest BCUT2D eigenvalue weighted by molar-refractivity contribution is 7.17. The van der Waals surface area contributed by atoms with E-state index in [0.29, 0.717) is 42.3 Å². The van der Waals surface area contributed by atoms with Crippen LogP contribution in [0.3, 0.4) is 0 Å². The molecule has 0 unspecified atom stereocenters. The number of rotatable bonds is 8. The lowest BCUT2D eigenvalue weighted by molar-refractivity contribution is -0.141. The van der Waals surface area contributed by atoms with Crippen LogP contribution in [0.4, 0.5) is 34.3 Å². The third-order valence-electron chi connectivity index (χ3n) is 7.37. The second-order valence-electron chi connectivity index (χ2n) is 10.3. The predicted molar refractivity (Wildman–Crippen MR) is 134 cm³/mol. The van der Waals surface area contributed by atoms with Gasteiger partial charge in [0.1, 0.15) is 23.3 Å². The molecule has 2 fully saturated rings. The first-order chi connectivity index (χ1) is 18.6. The van der Waals surface area contributed by atoms with Crippen LogP contribution in [0.15, 0.2) is 12.4 Å². The van der Waals surface area contributed by atoms with Gasteiger partial charge in [0, 0.05) is 30.6 Å². The average Bonchev–Trinajstić information content (AvgIpc) is 3.71. The first kappa shape index (κ1) is 25.8. The van der Waals surface area contributed by atoms with Crippen LogP contribution in [0.25, 0.3) is 0 Å². The van der Waals surface area contributed by atoms with Crippen LogP contribution in [0.5, 0.6) is 0 Å². The molecular formula is C24H26F4N8O2S. The Morgan fingerprint density at radius 2 is 2.00 bits per heavy atom. The van der Waals surface area contributed by atoms with E-state index in [1.54, 1.807) is 4.57 Å². The third-order valence-corrected chi connectivity index (χ3v) is 8.58. The number of anilines is 3. The summed E-state index contributed by atoms with van der Waals surface area (Å²) in [5, 5.41) is 20.6. The fraction of sp³-hybridized carbons (Fsp3) is 0.542. The van der Waals surface area contributed by atoms with E-state index in [0.717, 1.165) is 34.0 Å². The number of alkyl halides is 4. The van der Waals surface area contributed by atoms with E-state index < -0.39 is 29.9 Å². The molecular weight excluding hydrogens is 540 g/mol. The van der Waals surface area contributed by atoms with Crippen molar-refractivity contribution < 1.29 is 27.2 Å². The smallest absolute Gasteiger partial charge is 0.352 e. The van der Waals surface area contributed by atoms with Gasteiger partial charge in [0.15, 0.2) is 5.69 Å². The van der Waals surface area contributed by atoms with Crippen molar-refractivity contribution in [1.29, 1.82) is 0 Å². The van der Waals surface area contributed by atoms with Gasteiger partial charge in [-0.3, -0.25) is 18.8 Å². The van der Waals surface area contributed by atoms with Crippen molar-refractivity contribution in [2.24, 2.45) is 18.9 Å². The van der Waals surface area contributed by atoms with Gasteiger partial charge in [-0.05, 0) is 50.0 Å². The zero-order chi connectivity index (χ0) is 27.5. The SMILES string of the molecule is Cn1nc(C(F)(F)F)cc1Nc1nncn1[C@H]1CCc2sc(NC(=O)[C@H]3C[C@@H]3F)c(C(=O)NCC3CC3)c2C1. The molecule has 0 spiro atoms. The van der Waals surface area contributed by atoms with Crippen molar-refractivity contribution in [2.45, 2.75) is 56.9 Å². The molecule has 39 heavy (non-hydrogen) atoms. The molecule has 0 aromatic carbocycles. The third kappa shape index (κ3) is 5.23. The Labute approximate surface area is 224 Å². The van der Waals surface area contributed by atoms with Crippen LogP contribution < -0.4 is 16.0 Å². The number of aryl methyl sites for hydroxylation is 2. The maximum atomic E-state index is 13.5. The Bertz CT molecular complexity index is 1430. The summed E-state index contributed by atoms with van der Waals surface area (Å²) in [6.45, 7) is 0.555. The number of carbonyl (C=O) groups excluding carboxylic acids is 2. The monoisotopic (exact) mass is 566 g/mol. The van der Waals surface area contributed by atoms with Gasteiger partial charge < -0.3 is 16.0 Å². The van der Waals surface area contributed by atoms with E-state index in [9.17, 15) is 27.2 Å². The maximum Gasteiger partial charge on any atom is 0.435 e. The summed E-state index contributed by atoms with van der Waals surface area (Å²) in [7, 11) is 1.39. The highest BCUT2D eigenvalue weighted by atomic mass is 32.1. The summed E-state index contributed by atoms with van der Waals surface area (Å²) in [5.74, 6) is -0.585. The van der Waals surface area contributed by atoms with Crippen LogP contribution in [-0.4, -0.2) is 49.1 Å². The summed E-state index contributed by atoms with van der Waals surface area (Å²) in [6.07, 6.45) is -0.224. The number of amides is 2. The summed E-state index contributed by atoms with van der Waals surface area (Å²) >= 11 is 1.34. The molecule has 3 aliphatic rings. The Balaban J connectivity index is 1.26. The minimum atomic E-state index is -4.59. The standard InChI is InChI=1S/C24H26F4N8O2S/c1-35-18(8-17(34-35)24(26,27)28)31-23-33-30-10-36(23)12-4-5-16-14(6-12)19(21(38)29-9-11-2-3-11)22(39-16)32-20(37)13-7-15(13)25/h8,10-13,15H,2-7,9H2,1H3,(H,29,38)(H,31,33)(H,32,37)/t12-,13-,15-/m0/s1. The number of nitrogens with one attached hydrogen (secondary N) is 3. The predicted octanol–water partition coefficient (Wildman–Crippen LogP) is 4.00. The lowest BCUT2D eigenvalue weighted by Crippen LogP contribution is -2.29. The second kappa shape index (κ2) is 9.61. The van der Waals surface area contributed by atoms with E-state index in [1.807, 2.05) is 0 Å². The van der Waals surface area contributed by atoms with Gasteiger partial charge in [0.2, 0.25) is 11.9 Å². The lowest BCUT2D eigenvalue weighted by Gasteiger charge is -2.25. The van der Waals surface area contributed by atoms with Crippen molar-refractivity contribution in [3.63, 3.8) is 0 Å². The molecule has 2 saturated carbocycles. The van der Waals surface area contributed by atoms with Crippen LogP contribution in [-0.2, 0) is 30.9 Å². The van der Waals surface area contributed by atoms with E-state index >= 15 is 0 Å². The minimum absolute atomic E-state index is 0.0972. The number of thiophene rings is 1. The fourth-order valence-electron chi connectivity index (χ4n) is 4.85. The van der Waals surface area contributed by atoms with Gasteiger partial charge in [-0.25, -0.2) is 4.39 Å². The quantitative estimate of drug-likeness (QED) is 0.355. The van der Waals surface area contributed by atoms with Crippen LogP contribution in [0.1, 0.15) is 58.2 Å². The number of hydrogen-bond donors (Lipinski definition) is 3. The molecule has 3 aromatic rings. The molecule has 2 amide bonds. The molecule has 3 atom stereocenters. The van der Waals surface area contributed by atoms with Gasteiger partial charge in [-0.15, -0.1) is 21.5 Å². The van der Waals surface area contributed by atoms with Gasteiger partial charge >= 0.3 is 6.18 Å². The van der Waals surface area contributed by atoms with Crippen LogP contribution in [0.2, 0.25) is 0 Å². The van der Waals surface area contributed by atoms with E-state index in [1.165, 1.54) is 24.7 Å². The Kier molecular flexibility index (Phi) is 6.35. The highest BCUT2D eigenvalue weighted by Crippen LogP contribution is 2.43. The fourth-order valence-corrected chi connectivity index (χ4v) is 6.10. The van der Waals surface area contributed by atoms with Gasteiger partial charge in [-0.2, -0.15) is 18.3 Å². The van der Waals surface area contributed by atoms with E-state index in [4.69, 9.17) is 0 Å². The zero-order valence-corrected chi connectivity index (χ0v) is 21.7. The molecule has 0 bridgehead atoms. The molecule has 3 aliphatic carbocycles. The largest absolute Gasteiger partial charge is 0.435 e. The molecule has 208 valence electrons. The van der Waals surface area contributed by atoms with Crippen molar-refractivity contribution in [3.8, 4) is 0 Å². The highest BCUT2D eigenvalue weighted by Gasteiger charge is 2.44. The van der Waals surface area contributed by atoms with Gasteiger partial charge in [-0.1, -0.05) is 0 Å². The summed E-state index contributed by atoms with van der Waals surface area (Å²) < 4.78 is 55.7. The summed E-state index contributed by atoms with van der Waals surface area (Å²) in [4.78, 5) is 26.8. The Morgan fingerprint density at radius 3 is 2.67 bits per heavy atom. The van der Waals surface area contributed by atoms with Crippen molar-refractivity contribution in [1.82, 2.24) is 29.9 Å². The molecule has 3 heterocycles. The molecule has 0 saturated heterocycles. The van der Waals surface area contributed by atoms with Gasteiger partial charge in [0.25, 0.3) is 5.91 Å². The van der Waals surface area contributed by atoms with Crippen molar-refractivity contribution in [2.75, 3.05) is 17.2 Å². The molecule has 3 aromatic heterocycles. The average molecular weight is 567 g/mol. The van der Waals surface area contributed by atoms with E-state index in [2.05, 4.69) is 31.2 Å². The van der Waals surface area contributed by atoms with Crippen molar-refractivity contribution >= 4 is 39.9 Å². The normalized spacial score (nSPS) is 22.3. The van der Waals surface area contributed by atoms with Gasteiger partial charge in [0.05, 0.1) is 11.5 Å². The first-order valence-electron chi connectivity index (χ1n) is 12.7. The number of halogens is 4. The topological polar surface area (TPSA) is 119 Å². The van der Waals surface area contributed by atoms with Crippen LogP contribution >= 0.6 is 11.3 Å². The zero-order valence-electron chi connectivity index (χ0n) is 20.9. The number of carbonyl (C=O) groups is 2.